The van der Waals surface area contributed by atoms with Crippen LogP contribution in [0.25, 0.3) is 5.69 Å². The quantitative estimate of drug-likeness (QED) is 0.332. The van der Waals surface area contributed by atoms with Crippen molar-refractivity contribution in [2.24, 2.45) is 0 Å². The molecule has 0 unspecified atom stereocenters. The van der Waals surface area contributed by atoms with Gasteiger partial charge < -0.3 is 0 Å². The average Bonchev–Trinajstić information content (AvgIpc) is 3.38. The molecule has 2 heterocycles. The summed E-state index contributed by atoms with van der Waals surface area (Å²) in [5.41, 5.74) is 2.17. The summed E-state index contributed by atoms with van der Waals surface area (Å²) in [7, 11) is 0. The topological polar surface area (TPSA) is 47.8 Å². The minimum absolute atomic E-state index is 0.113. The number of rotatable bonds is 7. The molecule has 4 nitrogen and oxygen atoms in total. The molecule has 6 heteroatoms. The molecule has 0 bridgehead atoms. The van der Waals surface area contributed by atoms with Crippen LogP contribution in [0.4, 0.5) is 0 Å². The van der Waals surface area contributed by atoms with Crippen molar-refractivity contribution in [3.63, 3.8) is 0 Å². The van der Waals surface area contributed by atoms with E-state index in [0.29, 0.717) is 12.2 Å². The number of thioether (sulfide) groups is 1. The normalized spacial score (nSPS) is 10.8. The second-order valence-corrected chi connectivity index (χ2v) is 7.81. The first-order valence-corrected chi connectivity index (χ1v) is 10.4. The molecule has 0 spiro atoms. The van der Waals surface area contributed by atoms with Gasteiger partial charge in [-0.3, -0.25) is 9.36 Å². The predicted molar refractivity (Wildman–Crippen MR) is 110 cm³/mol. The van der Waals surface area contributed by atoms with Crippen molar-refractivity contribution in [2.45, 2.75) is 11.6 Å². The number of carbonyl (C=O) groups is 1. The Hall–Kier alpha value is -2.70. The molecule has 0 amide bonds. The molecule has 27 heavy (non-hydrogen) atoms. The van der Waals surface area contributed by atoms with E-state index < -0.39 is 0 Å². The molecule has 0 saturated carbocycles. The van der Waals surface area contributed by atoms with Gasteiger partial charge in [-0.25, -0.2) is 0 Å². The highest BCUT2D eigenvalue weighted by Crippen LogP contribution is 2.25. The van der Waals surface area contributed by atoms with Crippen LogP contribution in [0, 0.1) is 0 Å². The van der Waals surface area contributed by atoms with Crippen LogP contribution >= 0.6 is 23.1 Å². The smallest absolute Gasteiger partial charge is 0.196 e. The van der Waals surface area contributed by atoms with E-state index in [9.17, 15) is 4.79 Å². The lowest BCUT2D eigenvalue weighted by Gasteiger charge is -2.10. The van der Waals surface area contributed by atoms with Gasteiger partial charge >= 0.3 is 0 Å². The van der Waals surface area contributed by atoms with Crippen LogP contribution in [-0.2, 0) is 6.42 Å². The molecule has 0 saturated heterocycles. The standard InChI is InChI=1S/C21H17N3OS2/c25-18(19-12-7-13-26-19)15-27-21-23-22-20(14-16-8-3-1-4-9-16)24(21)17-10-5-2-6-11-17/h1-13H,14-15H2. The fourth-order valence-corrected chi connectivity index (χ4v) is 4.37. The first-order chi connectivity index (χ1) is 13.3. The highest BCUT2D eigenvalue weighted by Gasteiger charge is 2.17. The van der Waals surface area contributed by atoms with Crippen molar-refractivity contribution in [3.05, 3.63) is 94.4 Å². The number of Topliss-reactive ketones (excluding diaryl/α,β-unsaturated/α-hetero) is 1. The summed E-state index contributed by atoms with van der Waals surface area (Å²) in [4.78, 5) is 13.1. The van der Waals surface area contributed by atoms with Gasteiger partial charge in [0.15, 0.2) is 10.9 Å². The summed E-state index contributed by atoms with van der Waals surface area (Å²) in [6.07, 6.45) is 0.683. The number of carbonyl (C=O) groups excluding carboxylic acids is 1. The Morgan fingerprint density at radius 3 is 2.37 bits per heavy atom. The van der Waals surface area contributed by atoms with Crippen molar-refractivity contribution in [1.82, 2.24) is 14.8 Å². The van der Waals surface area contributed by atoms with Gasteiger partial charge in [0, 0.05) is 12.1 Å². The third-order valence-corrected chi connectivity index (χ3v) is 5.89. The van der Waals surface area contributed by atoms with E-state index in [4.69, 9.17) is 0 Å². The second-order valence-electron chi connectivity index (χ2n) is 5.92. The van der Waals surface area contributed by atoms with Gasteiger partial charge in [-0.1, -0.05) is 66.4 Å². The van der Waals surface area contributed by atoms with Crippen LogP contribution < -0.4 is 0 Å². The number of para-hydroxylation sites is 1. The number of nitrogens with zero attached hydrogens (tertiary/aromatic N) is 3. The molecule has 2 aromatic carbocycles. The van der Waals surface area contributed by atoms with Crippen molar-refractivity contribution in [2.75, 3.05) is 5.75 Å². The summed E-state index contributed by atoms with van der Waals surface area (Å²) in [5.74, 6) is 1.32. The maximum Gasteiger partial charge on any atom is 0.196 e. The Balaban J connectivity index is 1.62. The number of ketones is 1. The molecule has 0 atom stereocenters. The molecule has 0 radical (unpaired) electrons. The summed E-state index contributed by atoms with van der Waals surface area (Å²) in [5, 5.41) is 11.4. The second kappa shape index (κ2) is 8.33. The first kappa shape index (κ1) is 17.7. The molecule has 4 aromatic rings. The van der Waals surface area contributed by atoms with Crippen LogP contribution in [0.1, 0.15) is 21.1 Å². The Bertz CT molecular complexity index is 1010. The zero-order valence-corrected chi connectivity index (χ0v) is 16.1. The minimum Gasteiger partial charge on any atom is -0.292 e. The Morgan fingerprint density at radius 1 is 0.926 bits per heavy atom. The van der Waals surface area contributed by atoms with Crippen molar-refractivity contribution in [3.8, 4) is 5.69 Å². The lowest BCUT2D eigenvalue weighted by atomic mass is 10.1. The maximum absolute atomic E-state index is 12.4. The number of thiophene rings is 1. The van der Waals surface area contributed by atoms with Crippen molar-refractivity contribution >= 4 is 28.9 Å². The molecular formula is C21H17N3OS2. The molecule has 134 valence electrons. The molecule has 0 fully saturated rings. The highest BCUT2D eigenvalue weighted by atomic mass is 32.2. The van der Waals surface area contributed by atoms with Gasteiger partial charge in [0.25, 0.3) is 0 Å². The molecule has 0 aliphatic carbocycles. The van der Waals surface area contributed by atoms with E-state index in [1.807, 2.05) is 70.6 Å². The van der Waals surface area contributed by atoms with E-state index in [0.717, 1.165) is 21.5 Å². The van der Waals surface area contributed by atoms with Crippen LogP contribution in [0.15, 0.2) is 83.3 Å². The fourth-order valence-electron chi connectivity index (χ4n) is 2.76. The number of hydrogen-bond donors (Lipinski definition) is 0. The lowest BCUT2D eigenvalue weighted by molar-refractivity contribution is 0.102. The minimum atomic E-state index is 0.113. The predicted octanol–water partition coefficient (Wildman–Crippen LogP) is 4.89. The Labute approximate surface area is 165 Å². The van der Waals surface area contributed by atoms with E-state index >= 15 is 0 Å². The lowest BCUT2D eigenvalue weighted by Crippen LogP contribution is -2.05. The van der Waals surface area contributed by atoms with Gasteiger partial charge in [0.1, 0.15) is 5.82 Å². The van der Waals surface area contributed by atoms with E-state index in [1.165, 1.54) is 28.7 Å². The highest BCUT2D eigenvalue weighted by molar-refractivity contribution is 7.99. The number of benzene rings is 2. The van der Waals surface area contributed by atoms with Crippen LogP contribution in [0.3, 0.4) is 0 Å². The van der Waals surface area contributed by atoms with Crippen LogP contribution in [0.2, 0.25) is 0 Å². The summed E-state index contributed by atoms with van der Waals surface area (Å²) >= 11 is 2.89. The zero-order chi connectivity index (χ0) is 18.5. The van der Waals surface area contributed by atoms with Gasteiger partial charge in [0.05, 0.1) is 10.6 Å². The average molecular weight is 392 g/mol. The molecule has 0 N–H and O–H groups in total. The number of hydrogen-bond acceptors (Lipinski definition) is 5. The fraction of sp³-hybridized carbons (Fsp3) is 0.0952. The first-order valence-electron chi connectivity index (χ1n) is 8.54. The largest absolute Gasteiger partial charge is 0.292 e. The van der Waals surface area contributed by atoms with Crippen LogP contribution in [-0.4, -0.2) is 26.3 Å². The van der Waals surface area contributed by atoms with E-state index in [2.05, 4.69) is 22.3 Å². The summed E-state index contributed by atoms with van der Waals surface area (Å²) in [6.45, 7) is 0. The molecular weight excluding hydrogens is 374 g/mol. The SMILES string of the molecule is O=C(CSc1nnc(Cc2ccccc2)n1-c1ccccc1)c1cccs1. The Kier molecular flexibility index (Phi) is 5.46. The van der Waals surface area contributed by atoms with Crippen molar-refractivity contribution in [1.29, 1.82) is 0 Å². The summed E-state index contributed by atoms with van der Waals surface area (Å²) in [6, 6.07) is 24.0. The van der Waals surface area contributed by atoms with Gasteiger partial charge in [-0.15, -0.1) is 21.5 Å². The third kappa shape index (κ3) is 4.18. The Morgan fingerprint density at radius 2 is 1.67 bits per heavy atom. The number of aromatic nitrogens is 3. The van der Waals surface area contributed by atoms with Gasteiger partial charge in [-0.05, 0) is 29.1 Å². The monoisotopic (exact) mass is 391 g/mol. The molecule has 0 aliphatic rings. The molecule has 4 rings (SSSR count). The van der Waals surface area contributed by atoms with Gasteiger partial charge in [0.2, 0.25) is 0 Å². The van der Waals surface area contributed by atoms with E-state index in [1.54, 1.807) is 0 Å². The van der Waals surface area contributed by atoms with E-state index in [-0.39, 0.29) is 5.78 Å². The summed E-state index contributed by atoms with van der Waals surface area (Å²) < 4.78 is 2.04. The molecule has 0 aliphatic heterocycles. The molecule has 2 aromatic heterocycles. The maximum atomic E-state index is 12.4. The third-order valence-electron chi connectivity index (χ3n) is 4.05. The van der Waals surface area contributed by atoms with Crippen molar-refractivity contribution < 1.29 is 4.79 Å². The van der Waals surface area contributed by atoms with Crippen LogP contribution in [0.5, 0.6) is 0 Å². The zero-order valence-electron chi connectivity index (χ0n) is 14.5. The van der Waals surface area contributed by atoms with Gasteiger partial charge in [-0.2, -0.15) is 0 Å².